The largest absolute Gasteiger partial charge is 0.393 e. The number of rotatable bonds is 6. The van der Waals surface area contributed by atoms with Crippen LogP contribution in [0, 0.1) is 0 Å². The topological polar surface area (TPSA) is 65.4 Å². The first kappa shape index (κ1) is 12.6. The van der Waals surface area contributed by atoms with Crippen LogP contribution < -0.4 is 5.32 Å². The van der Waals surface area contributed by atoms with Crippen LogP contribution in [0.15, 0.2) is 6.20 Å². The second-order valence-corrected chi connectivity index (χ2v) is 5.03. The summed E-state index contributed by atoms with van der Waals surface area (Å²) in [5.41, 5.74) is -1.04. The molecule has 1 heterocycles. The van der Waals surface area contributed by atoms with Crippen molar-refractivity contribution in [3.8, 4) is 0 Å². The summed E-state index contributed by atoms with van der Waals surface area (Å²) in [4.78, 5) is 5.39. The monoisotopic (exact) mass is 230 g/mol. The van der Waals surface area contributed by atoms with E-state index < -0.39 is 5.60 Å². The minimum Gasteiger partial charge on any atom is -0.393 e. The number of aliphatic hydroxyl groups is 2. The summed E-state index contributed by atoms with van der Waals surface area (Å²) in [5, 5.41) is 22.6. The highest BCUT2D eigenvalue weighted by molar-refractivity contribution is 7.11. The Balaban J connectivity index is 2.31. The molecule has 4 nitrogen and oxygen atoms in total. The van der Waals surface area contributed by atoms with Crippen LogP contribution >= 0.6 is 11.3 Å². The maximum atomic E-state index is 9.53. The van der Waals surface area contributed by atoms with E-state index in [4.69, 9.17) is 5.11 Å². The van der Waals surface area contributed by atoms with Gasteiger partial charge in [0, 0.05) is 24.2 Å². The molecule has 1 aromatic rings. The highest BCUT2D eigenvalue weighted by Crippen LogP contribution is 2.13. The van der Waals surface area contributed by atoms with Gasteiger partial charge in [-0.2, -0.15) is 0 Å². The van der Waals surface area contributed by atoms with E-state index in [1.54, 1.807) is 18.3 Å². The van der Waals surface area contributed by atoms with Crippen LogP contribution in [0.4, 0.5) is 0 Å². The average Bonchev–Trinajstić information content (AvgIpc) is 2.66. The molecule has 1 aromatic heterocycles. The second kappa shape index (κ2) is 5.55. The molecule has 0 aliphatic rings. The average molecular weight is 230 g/mol. The highest BCUT2D eigenvalue weighted by atomic mass is 32.1. The molecule has 0 saturated heterocycles. The summed E-state index contributed by atoms with van der Waals surface area (Å²) in [6.45, 7) is 4.51. The van der Waals surface area contributed by atoms with Gasteiger partial charge in [0.25, 0.3) is 0 Å². The van der Waals surface area contributed by atoms with Gasteiger partial charge in [-0.25, -0.2) is 4.98 Å². The van der Waals surface area contributed by atoms with Crippen LogP contribution in [0.2, 0.25) is 0 Å². The van der Waals surface area contributed by atoms with Gasteiger partial charge in [-0.15, -0.1) is 11.3 Å². The van der Waals surface area contributed by atoms with Crippen LogP contribution in [0.1, 0.15) is 23.7 Å². The molecule has 0 bridgehead atoms. The summed E-state index contributed by atoms with van der Waals surface area (Å²) in [6, 6.07) is 0. The molecule has 0 fully saturated rings. The molecule has 0 saturated carbocycles. The lowest BCUT2D eigenvalue weighted by molar-refractivity contribution is 0.00258. The van der Waals surface area contributed by atoms with Crippen molar-refractivity contribution in [3.63, 3.8) is 0 Å². The third kappa shape index (κ3) is 4.25. The molecule has 1 unspecified atom stereocenters. The first-order chi connectivity index (χ1) is 7.07. The molecule has 0 amide bonds. The van der Waals surface area contributed by atoms with Crippen molar-refractivity contribution >= 4 is 11.3 Å². The number of aliphatic hydroxyl groups excluding tert-OH is 1. The molecule has 0 spiro atoms. The Morgan fingerprint density at radius 3 is 2.87 bits per heavy atom. The van der Waals surface area contributed by atoms with E-state index in [1.807, 2.05) is 6.20 Å². The van der Waals surface area contributed by atoms with E-state index in [-0.39, 0.29) is 6.61 Å². The van der Waals surface area contributed by atoms with Gasteiger partial charge >= 0.3 is 0 Å². The Kier molecular flexibility index (Phi) is 4.66. The van der Waals surface area contributed by atoms with Crippen molar-refractivity contribution in [1.82, 2.24) is 10.3 Å². The summed E-state index contributed by atoms with van der Waals surface area (Å²) in [7, 11) is 0. The number of aromatic nitrogens is 1. The molecule has 3 N–H and O–H groups in total. The van der Waals surface area contributed by atoms with E-state index in [9.17, 15) is 5.11 Å². The van der Waals surface area contributed by atoms with Gasteiger partial charge in [0.15, 0.2) is 0 Å². The third-order valence-corrected chi connectivity index (χ3v) is 3.19. The SMILES string of the molecule is CCc1ncc(CNCC(C)(O)CO)s1. The Bertz CT molecular complexity index is 299. The zero-order chi connectivity index (χ0) is 11.3. The van der Waals surface area contributed by atoms with Gasteiger partial charge in [0.2, 0.25) is 0 Å². The van der Waals surface area contributed by atoms with Crippen molar-refractivity contribution in [2.24, 2.45) is 0 Å². The van der Waals surface area contributed by atoms with Gasteiger partial charge in [-0.3, -0.25) is 0 Å². The van der Waals surface area contributed by atoms with Crippen LogP contribution in [-0.4, -0.2) is 33.9 Å². The van der Waals surface area contributed by atoms with E-state index in [1.165, 1.54) is 0 Å². The van der Waals surface area contributed by atoms with Crippen LogP contribution in [0.25, 0.3) is 0 Å². The smallest absolute Gasteiger partial charge is 0.0972 e. The number of thiazole rings is 1. The van der Waals surface area contributed by atoms with E-state index >= 15 is 0 Å². The van der Waals surface area contributed by atoms with E-state index in [2.05, 4.69) is 17.2 Å². The van der Waals surface area contributed by atoms with Gasteiger partial charge < -0.3 is 15.5 Å². The van der Waals surface area contributed by atoms with Crippen molar-refractivity contribution in [2.75, 3.05) is 13.2 Å². The standard InChI is InChI=1S/C10H18N2O2S/c1-3-9-12-5-8(15-9)4-11-6-10(2,14)7-13/h5,11,13-14H,3-4,6-7H2,1-2H3. The summed E-state index contributed by atoms with van der Waals surface area (Å²) in [5.74, 6) is 0. The lowest BCUT2D eigenvalue weighted by Crippen LogP contribution is -2.40. The lowest BCUT2D eigenvalue weighted by Gasteiger charge is -2.20. The predicted octanol–water partition coefficient (Wildman–Crippen LogP) is 0.538. The molecule has 5 heteroatoms. The Morgan fingerprint density at radius 1 is 1.60 bits per heavy atom. The van der Waals surface area contributed by atoms with E-state index in [0.717, 1.165) is 16.3 Å². The molecule has 1 atom stereocenters. The first-order valence-corrected chi connectivity index (χ1v) is 5.86. The molecule has 1 rings (SSSR count). The van der Waals surface area contributed by atoms with Gasteiger partial charge in [-0.05, 0) is 13.3 Å². The molecule has 15 heavy (non-hydrogen) atoms. The minimum atomic E-state index is -1.04. The van der Waals surface area contributed by atoms with Crippen LogP contribution in [0.5, 0.6) is 0 Å². The zero-order valence-electron chi connectivity index (χ0n) is 9.16. The van der Waals surface area contributed by atoms with Gasteiger partial charge in [-0.1, -0.05) is 6.92 Å². The zero-order valence-corrected chi connectivity index (χ0v) is 9.97. The fourth-order valence-corrected chi connectivity index (χ4v) is 1.94. The minimum absolute atomic E-state index is 0.233. The second-order valence-electron chi connectivity index (χ2n) is 3.83. The molecular weight excluding hydrogens is 212 g/mol. The quantitative estimate of drug-likeness (QED) is 0.667. The number of nitrogens with one attached hydrogen (secondary N) is 1. The van der Waals surface area contributed by atoms with Crippen molar-refractivity contribution in [1.29, 1.82) is 0 Å². The summed E-state index contributed by atoms with van der Waals surface area (Å²) < 4.78 is 0. The van der Waals surface area contributed by atoms with Crippen molar-refractivity contribution < 1.29 is 10.2 Å². The van der Waals surface area contributed by atoms with Gasteiger partial charge in [0.1, 0.15) is 0 Å². The predicted molar refractivity (Wildman–Crippen MR) is 60.9 cm³/mol. The number of aryl methyl sites for hydroxylation is 1. The van der Waals surface area contributed by atoms with Crippen LogP contribution in [-0.2, 0) is 13.0 Å². The molecule has 86 valence electrons. The molecule has 0 aliphatic carbocycles. The van der Waals surface area contributed by atoms with Crippen LogP contribution in [0.3, 0.4) is 0 Å². The maximum Gasteiger partial charge on any atom is 0.0972 e. The Labute approximate surface area is 94.0 Å². The number of hydrogen-bond acceptors (Lipinski definition) is 5. The number of hydrogen-bond donors (Lipinski definition) is 3. The Hall–Kier alpha value is -0.490. The molecule has 0 radical (unpaired) electrons. The Morgan fingerprint density at radius 2 is 2.33 bits per heavy atom. The summed E-state index contributed by atoms with van der Waals surface area (Å²) in [6.07, 6.45) is 2.81. The molecule has 0 aliphatic heterocycles. The normalized spacial score (nSPS) is 15.2. The lowest BCUT2D eigenvalue weighted by atomic mass is 10.1. The van der Waals surface area contributed by atoms with E-state index in [0.29, 0.717) is 13.1 Å². The van der Waals surface area contributed by atoms with Gasteiger partial charge in [0.05, 0.1) is 17.2 Å². The first-order valence-electron chi connectivity index (χ1n) is 5.05. The molecule has 0 aromatic carbocycles. The number of nitrogens with zero attached hydrogens (tertiary/aromatic N) is 1. The highest BCUT2D eigenvalue weighted by Gasteiger charge is 2.17. The summed E-state index contributed by atoms with van der Waals surface area (Å²) >= 11 is 1.67. The fourth-order valence-electron chi connectivity index (χ4n) is 1.10. The third-order valence-electron chi connectivity index (χ3n) is 2.05. The fraction of sp³-hybridized carbons (Fsp3) is 0.700. The van der Waals surface area contributed by atoms with Crippen molar-refractivity contribution in [3.05, 3.63) is 16.1 Å². The molecular formula is C10H18N2O2S. The maximum absolute atomic E-state index is 9.53. The van der Waals surface area contributed by atoms with Crippen molar-refractivity contribution in [2.45, 2.75) is 32.4 Å².